The number of amides is 2. The first kappa shape index (κ1) is 11.8. The normalized spacial score (nSPS) is 14.2. The SMILES string of the molecule is COC(=O)c1ccc(N2C(=O)C=CC2=O)cc1O. The van der Waals surface area contributed by atoms with E-state index in [9.17, 15) is 19.5 Å². The van der Waals surface area contributed by atoms with E-state index in [1.807, 2.05) is 0 Å². The first-order valence-corrected chi connectivity index (χ1v) is 5.02. The van der Waals surface area contributed by atoms with Crippen LogP contribution in [0.15, 0.2) is 30.4 Å². The topological polar surface area (TPSA) is 83.9 Å². The Balaban J connectivity index is 2.38. The summed E-state index contributed by atoms with van der Waals surface area (Å²) in [5.41, 5.74) is 0.161. The lowest BCUT2D eigenvalue weighted by molar-refractivity contribution is -0.119. The maximum atomic E-state index is 11.4. The molecule has 92 valence electrons. The third kappa shape index (κ3) is 1.84. The zero-order valence-electron chi connectivity index (χ0n) is 9.41. The van der Waals surface area contributed by atoms with E-state index in [1.165, 1.54) is 19.2 Å². The molecule has 2 rings (SSSR count). The highest BCUT2D eigenvalue weighted by Crippen LogP contribution is 2.27. The first-order chi connectivity index (χ1) is 8.54. The number of rotatable bonds is 2. The molecule has 18 heavy (non-hydrogen) atoms. The number of ether oxygens (including phenoxy) is 1. The molecule has 1 heterocycles. The Morgan fingerprint density at radius 2 is 1.83 bits per heavy atom. The fourth-order valence-corrected chi connectivity index (χ4v) is 1.60. The number of carbonyl (C=O) groups is 3. The van der Waals surface area contributed by atoms with Crippen molar-refractivity contribution in [2.45, 2.75) is 0 Å². The standard InChI is InChI=1S/C12H9NO5/c1-18-12(17)8-3-2-7(6-9(8)14)13-10(15)4-5-11(13)16/h2-6,14H,1H3. The van der Waals surface area contributed by atoms with E-state index in [1.54, 1.807) is 0 Å². The minimum absolute atomic E-state index is 0.0340. The number of methoxy groups -OCH3 is 1. The summed E-state index contributed by atoms with van der Waals surface area (Å²) in [6.45, 7) is 0. The molecule has 0 bridgehead atoms. The monoisotopic (exact) mass is 247 g/mol. The average molecular weight is 247 g/mol. The van der Waals surface area contributed by atoms with E-state index in [0.29, 0.717) is 0 Å². The molecule has 0 atom stereocenters. The molecule has 0 saturated heterocycles. The third-order valence-corrected chi connectivity index (χ3v) is 2.45. The van der Waals surface area contributed by atoms with Crippen LogP contribution in [-0.4, -0.2) is 30.0 Å². The summed E-state index contributed by atoms with van der Waals surface area (Å²) >= 11 is 0. The molecule has 1 aliphatic rings. The van der Waals surface area contributed by atoms with E-state index < -0.39 is 17.8 Å². The van der Waals surface area contributed by atoms with Crippen LogP contribution in [0, 0.1) is 0 Å². The molecule has 0 radical (unpaired) electrons. The smallest absolute Gasteiger partial charge is 0.341 e. The van der Waals surface area contributed by atoms with Crippen LogP contribution < -0.4 is 4.90 Å². The number of phenolic OH excluding ortho intramolecular Hbond substituents is 1. The van der Waals surface area contributed by atoms with Crippen LogP contribution in [-0.2, 0) is 14.3 Å². The first-order valence-electron chi connectivity index (χ1n) is 5.02. The van der Waals surface area contributed by atoms with Gasteiger partial charge in [0, 0.05) is 18.2 Å². The van der Waals surface area contributed by atoms with E-state index in [4.69, 9.17) is 0 Å². The number of anilines is 1. The third-order valence-electron chi connectivity index (χ3n) is 2.45. The number of hydrogen-bond donors (Lipinski definition) is 1. The second kappa shape index (κ2) is 4.33. The van der Waals surface area contributed by atoms with Crippen molar-refractivity contribution in [2.75, 3.05) is 12.0 Å². The van der Waals surface area contributed by atoms with Crippen molar-refractivity contribution < 1.29 is 24.2 Å². The number of benzene rings is 1. The lowest BCUT2D eigenvalue weighted by atomic mass is 10.1. The molecule has 1 N–H and O–H groups in total. The van der Waals surface area contributed by atoms with Gasteiger partial charge in [0.25, 0.3) is 11.8 Å². The quantitative estimate of drug-likeness (QED) is 0.611. The van der Waals surface area contributed by atoms with Crippen molar-refractivity contribution in [1.29, 1.82) is 0 Å². The molecule has 6 nitrogen and oxygen atoms in total. The molecule has 0 aliphatic carbocycles. The van der Waals surface area contributed by atoms with Gasteiger partial charge in [-0.05, 0) is 12.1 Å². The van der Waals surface area contributed by atoms with E-state index in [0.717, 1.165) is 23.1 Å². The van der Waals surface area contributed by atoms with E-state index in [-0.39, 0.29) is 17.0 Å². The predicted molar refractivity (Wildman–Crippen MR) is 61.1 cm³/mol. The van der Waals surface area contributed by atoms with Crippen LogP contribution in [0.1, 0.15) is 10.4 Å². The van der Waals surface area contributed by atoms with Crippen LogP contribution in [0.4, 0.5) is 5.69 Å². The summed E-state index contributed by atoms with van der Waals surface area (Å²) in [4.78, 5) is 35.0. The second-order valence-corrected chi connectivity index (χ2v) is 3.54. The molecule has 2 amide bonds. The Kier molecular flexibility index (Phi) is 2.85. The maximum absolute atomic E-state index is 11.4. The number of hydrogen-bond acceptors (Lipinski definition) is 5. The van der Waals surface area contributed by atoms with Gasteiger partial charge in [0.1, 0.15) is 11.3 Å². The highest BCUT2D eigenvalue weighted by molar-refractivity contribution is 6.28. The van der Waals surface area contributed by atoms with Gasteiger partial charge in [-0.15, -0.1) is 0 Å². The van der Waals surface area contributed by atoms with Gasteiger partial charge in [-0.25, -0.2) is 9.69 Å². The van der Waals surface area contributed by atoms with Crippen LogP contribution in [0.2, 0.25) is 0 Å². The molecule has 0 saturated carbocycles. The van der Waals surface area contributed by atoms with Crippen molar-refractivity contribution in [1.82, 2.24) is 0 Å². The molecule has 6 heteroatoms. The maximum Gasteiger partial charge on any atom is 0.341 e. The zero-order valence-corrected chi connectivity index (χ0v) is 9.41. The minimum atomic E-state index is -0.698. The van der Waals surface area contributed by atoms with Crippen molar-refractivity contribution in [3.63, 3.8) is 0 Å². The van der Waals surface area contributed by atoms with Gasteiger partial charge in [-0.2, -0.15) is 0 Å². The van der Waals surface area contributed by atoms with Crippen molar-refractivity contribution in [2.24, 2.45) is 0 Å². The van der Waals surface area contributed by atoms with Gasteiger partial charge < -0.3 is 9.84 Å². The Hall–Kier alpha value is -2.63. The summed E-state index contributed by atoms with van der Waals surface area (Å²) in [5, 5.41) is 9.66. The summed E-state index contributed by atoms with van der Waals surface area (Å²) in [5.74, 6) is -2.04. The Bertz CT molecular complexity index is 558. The predicted octanol–water partition coefficient (Wildman–Crippen LogP) is 0.608. The van der Waals surface area contributed by atoms with Crippen LogP contribution >= 0.6 is 0 Å². The zero-order chi connectivity index (χ0) is 13.3. The number of phenols is 1. The van der Waals surface area contributed by atoms with Crippen molar-refractivity contribution in [3.8, 4) is 5.75 Å². The van der Waals surface area contributed by atoms with Gasteiger partial charge in [0.15, 0.2) is 0 Å². The summed E-state index contributed by atoms with van der Waals surface area (Å²) in [7, 11) is 1.19. The molecule has 1 aliphatic heterocycles. The fourth-order valence-electron chi connectivity index (χ4n) is 1.60. The van der Waals surface area contributed by atoms with Gasteiger partial charge in [0.2, 0.25) is 0 Å². The van der Waals surface area contributed by atoms with Crippen LogP contribution in [0.25, 0.3) is 0 Å². The second-order valence-electron chi connectivity index (χ2n) is 3.54. The largest absolute Gasteiger partial charge is 0.507 e. The molecule has 0 spiro atoms. The van der Waals surface area contributed by atoms with Gasteiger partial charge in [-0.1, -0.05) is 0 Å². The number of aromatic hydroxyl groups is 1. The van der Waals surface area contributed by atoms with Gasteiger partial charge in [-0.3, -0.25) is 9.59 Å². The highest BCUT2D eigenvalue weighted by atomic mass is 16.5. The number of nitrogens with zero attached hydrogens (tertiary/aromatic N) is 1. The minimum Gasteiger partial charge on any atom is -0.507 e. The average Bonchev–Trinajstić information content (AvgIpc) is 2.68. The van der Waals surface area contributed by atoms with E-state index >= 15 is 0 Å². The van der Waals surface area contributed by atoms with Crippen molar-refractivity contribution in [3.05, 3.63) is 35.9 Å². The number of imide groups is 1. The van der Waals surface area contributed by atoms with Crippen LogP contribution in [0.5, 0.6) is 5.75 Å². The molecular formula is C12H9NO5. The molecule has 0 aromatic heterocycles. The highest BCUT2D eigenvalue weighted by Gasteiger charge is 2.26. The molecule has 1 aromatic rings. The summed E-state index contributed by atoms with van der Waals surface area (Å²) < 4.78 is 4.47. The molecule has 1 aromatic carbocycles. The van der Waals surface area contributed by atoms with Crippen LogP contribution in [0.3, 0.4) is 0 Å². The van der Waals surface area contributed by atoms with E-state index in [2.05, 4.69) is 4.74 Å². The Labute approximate surface area is 102 Å². The van der Waals surface area contributed by atoms with Gasteiger partial charge in [0.05, 0.1) is 12.8 Å². The summed E-state index contributed by atoms with van der Waals surface area (Å²) in [6, 6.07) is 3.83. The Morgan fingerprint density at radius 3 is 2.33 bits per heavy atom. The Morgan fingerprint density at radius 1 is 1.22 bits per heavy atom. The molecular weight excluding hydrogens is 238 g/mol. The molecule has 0 fully saturated rings. The summed E-state index contributed by atoms with van der Waals surface area (Å²) in [6.07, 6.45) is 2.27. The van der Waals surface area contributed by atoms with Crippen molar-refractivity contribution >= 4 is 23.5 Å². The molecule has 0 unspecified atom stereocenters. The fraction of sp³-hybridized carbons (Fsp3) is 0.0833. The lowest BCUT2D eigenvalue weighted by Gasteiger charge is -2.14. The number of carbonyl (C=O) groups excluding carboxylic acids is 3. The lowest BCUT2D eigenvalue weighted by Crippen LogP contribution is -2.29. The number of esters is 1. The van der Waals surface area contributed by atoms with Gasteiger partial charge >= 0.3 is 5.97 Å².